The van der Waals surface area contributed by atoms with Gasteiger partial charge >= 0.3 is 0 Å². The topological polar surface area (TPSA) is 6.48 Å². The van der Waals surface area contributed by atoms with E-state index in [4.69, 9.17) is 11.6 Å². The van der Waals surface area contributed by atoms with Gasteiger partial charge < -0.3 is 9.80 Å². The van der Waals surface area contributed by atoms with Gasteiger partial charge in [0, 0.05) is 25.0 Å². The lowest BCUT2D eigenvalue weighted by molar-refractivity contribution is 0.248. The number of halogens is 2. The summed E-state index contributed by atoms with van der Waals surface area (Å²) in [7, 11) is 4.34. The van der Waals surface area contributed by atoms with Gasteiger partial charge in [-0.05, 0) is 44.1 Å². The molecule has 1 aliphatic heterocycles. The van der Waals surface area contributed by atoms with Crippen LogP contribution >= 0.6 is 27.5 Å². The Hall–Kier alpha value is -0.250. The second-order valence-electron chi connectivity index (χ2n) is 5.09. The van der Waals surface area contributed by atoms with Crippen molar-refractivity contribution in [3.05, 3.63) is 28.8 Å². The van der Waals surface area contributed by atoms with Crippen molar-refractivity contribution in [3.8, 4) is 0 Å². The van der Waals surface area contributed by atoms with E-state index in [-0.39, 0.29) is 0 Å². The molecule has 2 rings (SSSR count). The fourth-order valence-corrected chi connectivity index (χ4v) is 3.26. The number of hydrogen-bond acceptors (Lipinski definition) is 2. The molecule has 0 amide bonds. The monoisotopic (exact) mass is 330 g/mol. The van der Waals surface area contributed by atoms with Gasteiger partial charge in [0.2, 0.25) is 0 Å². The highest BCUT2D eigenvalue weighted by Crippen LogP contribution is 2.30. The maximum absolute atomic E-state index is 6.38. The van der Waals surface area contributed by atoms with Crippen molar-refractivity contribution in [2.75, 3.05) is 32.1 Å². The number of rotatable bonds is 3. The second-order valence-corrected chi connectivity index (χ2v) is 6.06. The van der Waals surface area contributed by atoms with Crippen molar-refractivity contribution in [1.82, 2.24) is 4.90 Å². The largest absolute Gasteiger partial charge is 0.369 e. The summed E-state index contributed by atoms with van der Waals surface area (Å²) in [5.41, 5.74) is 2.36. The molecule has 1 aliphatic rings. The van der Waals surface area contributed by atoms with Crippen LogP contribution in [-0.4, -0.2) is 38.1 Å². The molecule has 1 heterocycles. The van der Waals surface area contributed by atoms with E-state index >= 15 is 0 Å². The van der Waals surface area contributed by atoms with E-state index in [9.17, 15) is 0 Å². The van der Waals surface area contributed by atoms with Crippen LogP contribution in [0.15, 0.2) is 18.2 Å². The summed E-state index contributed by atoms with van der Waals surface area (Å²) in [5, 5.41) is 1.70. The summed E-state index contributed by atoms with van der Waals surface area (Å²) in [6, 6.07) is 6.89. The van der Waals surface area contributed by atoms with E-state index in [0.717, 1.165) is 22.6 Å². The number of alkyl halides is 1. The smallest absolute Gasteiger partial charge is 0.0642 e. The SMILES string of the molecule is CN1CCCC(N(C)c2ccc(CBr)cc2Cl)C1. The molecule has 1 atom stereocenters. The van der Waals surface area contributed by atoms with Crippen molar-refractivity contribution >= 4 is 33.2 Å². The van der Waals surface area contributed by atoms with Gasteiger partial charge in [-0.3, -0.25) is 0 Å². The first-order chi connectivity index (χ1) is 8.61. The van der Waals surface area contributed by atoms with E-state index in [1.165, 1.54) is 24.9 Å². The predicted molar refractivity (Wildman–Crippen MR) is 83.0 cm³/mol. The first-order valence-corrected chi connectivity index (χ1v) is 7.87. The average molecular weight is 332 g/mol. The molecule has 1 saturated heterocycles. The average Bonchev–Trinajstić information content (AvgIpc) is 2.37. The molecule has 4 heteroatoms. The predicted octanol–water partition coefficient (Wildman–Crippen LogP) is 3.77. The third-order valence-electron chi connectivity index (χ3n) is 3.69. The minimum absolute atomic E-state index is 0.566. The lowest BCUT2D eigenvalue weighted by atomic mass is 10.0. The van der Waals surface area contributed by atoms with Crippen molar-refractivity contribution in [2.24, 2.45) is 0 Å². The molecule has 100 valence electrons. The minimum Gasteiger partial charge on any atom is -0.369 e. The van der Waals surface area contributed by atoms with Gasteiger partial charge in [-0.25, -0.2) is 0 Å². The van der Waals surface area contributed by atoms with Crippen molar-refractivity contribution in [1.29, 1.82) is 0 Å². The van der Waals surface area contributed by atoms with E-state index < -0.39 is 0 Å². The first-order valence-electron chi connectivity index (χ1n) is 6.37. The Balaban J connectivity index is 2.15. The molecule has 1 aromatic carbocycles. The molecular weight excluding hydrogens is 312 g/mol. The zero-order valence-electron chi connectivity index (χ0n) is 11.0. The van der Waals surface area contributed by atoms with E-state index in [2.05, 4.69) is 58.0 Å². The Bertz CT molecular complexity index is 411. The number of piperidine rings is 1. The Kier molecular flexibility index (Phi) is 4.93. The van der Waals surface area contributed by atoms with Crippen molar-refractivity contribution in [2.45, 2.75) is 24.2 Å². The number of likely N-dealkylation sites (N-methyl/N-ethyl adjacent to an activating group) is 2. The summed E-state index contributed by atoms with van der Waals surface area (Å²) in [4.78, 5) is 4.72. The van der Waals surface area contributed by atoms with Crippen LogP contribution in [0.5, 0.6) is 0 Å². The number of nitrogens with zero attached hydrogens (tertiary/aromatic N) is 2. The number of likely N-dealkylation sites (tertiary alicyclic amines) is 1. The summed E-state index contributed by atoms with van der Waals surface area (Å²) >= 11 is 9.84. The van der Waals surface area contributed by atoms with Crippen LogP contribution in [0.2, 0.25) is 5.02 Å². The molecule has 18 heavy (non-hydrogen) atoms. The van der Waals surface area contributed by atoms with Gasteiger partial charge in [0.25, 0.3) is 0 Å². The molecule has 0 saturated carbocycles. The molecule has 0 radical (unpaired) electrons. The van der Waals surface area contributed by atoms with Crippen LogP contribution in [0.4, 0.5) is 5.69 Å². The maximum atomic E-state index is 6.38. The van der Waals surface area contributed by atoms with E-state index in [0.29, 0.717) is 6.04 Å². The molecule has 1 aromatic rings. The highest BCUT2D eigenvalue weighted by atomic mass is 79.9. The zero-order valence-corrected chi connectivity index (χ0v) is 13.3. The van der Waals surface area contributed by atoms with E-state index in [1.807, 2.05) is 0 Å². The lowest BCUT2D eigenvalue weighted by Crippen LogP contribution is -2.45. The van der Waals surface area contributed by atoms with Crippen molar-refractivity contribution < 1.29 is 0 Å². The van der Waals surface area contributed by atoms with Crippen LogP contribution in [0.1, 0.15) is 18.4 Å². The molecule has 0 aliphatic carbocycles. The molecule has 2 nitrogen and oxygen atoms in total. The van der Waals surface area contributed by atoms with Crippen molar-refractivity contribution in [3.63, 3.8) is 0 Å². The summed E-state index contributed by atoms with van der Waals surface area (Å²) in [6.45, 7) is 2.33. The Labute approximate surface area is 123 Å². The second kappa shape index (κ2) is 6.27. The van der Waals surface area contributed by atoms with Crippen LogP contribution in [0, 0.1) is 0 Å². The highest BCUT2D eigenvalue weighted by Gasteiger charge is 2.22. The summed E-state index contributed by atoms with van der Waals surface area (Å²) in [6.07, 6.45) is 2.51. The Morgan fingerprint density at radius 2 is 2.28 bits per heavy atom. The van der Waals surface area contributed by atoms with Crippen LogP contribution in [0.3, 0.4) is 0 Å². The van der Waals surface area contributed by atoms with Crippen LogP contribution in [0.25, 0.3) is 0 Å². The minimum atomic E-state index is 0.566. The Morgan fingerprint density at radius 3 is 2.89 bits per heavy atom. The van der Waals surface area contributed by atoms with Gasteiger partial charge in [-0.1, -0.05) is 33.6 Å². The fraction of sp³-hybridized carbons (Fsp3) is 0.571. The first kappa shape index (κ1) is 14.2. The molecule has 0 bridgehead atoms. The molecule has 0 aromatic heterocycles. The maximum Gasteiger partial charge on any atom is 0.0642 e. The standard InChI is InChI=1S/C14H20BrClN2/c1-17-7-3-4-12(10-17)18(2)14-6-5-11(9-15)8-13(14)16/h5-6,8,12H,3-4,7,9-10H2,1-2H3. The van der Waals surface area contributed by atoms with Gasteiger partial charge in [-0.2, -0.15) is 0 Å². The molecule has 1 fully saturated rings. The fourth-order valence-electron chi connectivity index (χ4n) is 2.57. The lowest BCUT2D eigenvalue weighted by Gasteiger charge is -2.37. The third-order valence-corrected chi connectivity index (χ3v) is 4.64. The zero-order chi connectivity index (χ0) is 13.1. The molecular formula is C14H20BrClN2. The van der Waals surface area contributed by atoms with Crippen LogP contribution < -0.4 is 4.90 Å². The number of benzene rings is 1. The number of anilines is 1. The van der Waals surface area contributed by atoms with Gasteiger partial charge in [0.05, 0.1) is 10.7 Å². The normalized spacial score (nSPS) is 21.0. The highest BCUT2D eigenvalue weighted by molar-refractivity contribution is 9.08. The van der Waals surface area contributed by atoms with E-state index in [1.54, 1.807) is 0 Å². The Morgan fingerprint density at radius 1 is 1.50 bits per heavy atom. The molecule has 0 N–H and O–H groups in total. The molecule has 1 unspecified atom stereocenters. The van der Waals surface area contributed by atoms with Gasteiger partial charge in [-0.15, -0.1) is 0 Å². The summed E-state index contributed by atoms with van der Waals surface area (Å²) in [5.74, 6) is 0. The molecule has 0 spiro atoms. The number of hydrogen-bond donors (Lipinski definition) is 0. The van der Waals surface area contributed by atoms with Crippen LogP contribution in [-0.2, 0) is 5.33 Å². The van der Waals surface area contributed by atoms with Gasteiger partial charge in [0.1, 0.15) is 0 Å². The summed E-state index contributed by atoms with van der Waals surface area (Å²) < 4.78 is 0. The van der Waals surface area contributed by atoms with Gasteiger partial charge in [0.15, 0.2) is 0 Å². The quantitative estimate of drug-likeness (QED) is 0.778. The third kappa shape index (κ3) is 3.19.